The number of pyridine rings is 1. The molecule has 0 spiro atoms. The molecule has 1 heterocycles. The van der Waals surface area contributed by atoms with Gasteiger partial charge in [0.25, 0.3) is 6.43 Å². The minimum atomic E-state index is -2.46. The Kier molecular flexibility index (Phi) is 2.77. The van der Waals surface area contributed by atoms with Crippen molar-refractivity contribution >= 4 is 0 Å². The lowest BCUT2D eigenvalue weighted by molar-refractivity contribution is 0.0796. The van der Waals surface area contributed by atoms with E-state index in [1.807, 2.05) is 0 Å². The molecule has 0 unspecified atom stereocenters. The zero-order chi connectivity index (χ0) is 8.10. The van der Waals surface area contributed by atoms with Crippen molar-refractivity contribution in [1.82, 2.24) is 4.98 Å². The Labute approximate surface area is 62.8 Å². The Balaban J connectivity index is 2.39. The number of nitrogens with zero attached hydrogens (tertiary/aromatic N) is 1. The SMILES string of the molecule is FC(F)COc1cc[c]cn1. The summed E-state index contributed by atoms with van der Waals surface area (Å²) >= 11 is 0. The van der Waals surface area contributed by atoms with E-state index >= 15 is 0 Å². The molecule has 2 nitrogen and oxygen atoms in total. The Morgan fingerprint density at radius 1 is 1.64 bits per heavy atom. The Bertz CT molecular complexity index is 203. The predicted octanol–water partition coefficient (Wildman–Crippen LogP) is 1.53. The first-order chi connectivity index (χ1) is 5.29. The quantitative estimate of drug-likeness (QED) is 0.665. The summed E-state index contributed by atoms with van der Waals surface area (Å²) in [6, 6.07) is 5.67. The molecule has 0 saturated carbocycles. The molecular formula is C7H6F2NO. The summed E-state index contributed by atoms with van der Waals surface area (Å²) < 4.78 is 27.7. The standard InChI is InChI=1S/C7H6F2NO/c8-6(9)5-11-7-3-1-2-4-10-7/h1,3-4,6H,5H2. The van der Waals surface area contributed by atoms with Crippen LogP contribution in [-0.4, -0.2) is 18.0 Å². The number of rotatable bonds is 3. The molecule has 0 amide bonds. The zero-order valence-corrected chi connectivity index (χ0v) is 5.63. The lowest BCUT2D eigenvalue weighted by Gasteiger charge is -2.01. The minimum Gasteiger partial charge on any atom is -0.472 e. The monoisotopic (exact) mass is 158 g/mol. The van der Waals surface area contributed by atoms with Gasteiger partial charge in [0, 0.05) is 18.3 Å². The maximum atomic E-state index is 11.6. The summed E-state index contributed by atoms with van der Waals surface area (Å²) in [6.45, 7) is -0.614. The number of aromatic nitrogens is 1. The molecule has 0 bridgehead atoms. The van der Waals surface area contributed by atoms with Crippen molar-refractivity contribution in [2.24, 2.45) is 0 Å². The van der Waals surface area contributed by atoms with Crippen LogP contribution in [0.1, 0.15) is 0 Å². The number of hydrogen-bond donors (Lipinski definition) is 0. The second-order valence-corrected chi connectivity index (χ2v) is 1.80. The van der Waals surface area contributed by atoms with Gasteiger partial charge in [0.2, 0.25) is 5.88 Å². The van der Waals surface area contributed by atoms with Gasteiger partial charge in [-0.3, -0.25) is 0 Å². The second-order valence-electron chi connectivity index (χ2n) is 1.80. The minimum absolute atomic E-state index is 0.198. The molecule has 4 heteroatoms. The van der Waals surface area contributed by atoms with E-state index < -0.39 is 13.0 Å². The Morgan fingerprint density at radius 3 is 3.00 bits per heavy atom. The molecule has 0 atom stereocenters. The van der Waals surface area contributed by atoms with E-state index in [4.69, 9.17) is 0 Å². The topological polar surface area (TPSA) is 22.1 Å². The van der Waals surface area contributed by atoms with Crippen LogP contribution in [0.25, 0.3) is 0 Å². The summed E-state index contributed by atoms with van der Waals surface area (Å²) in [5.41, 5.74) is 0. The molecule has 0 aliphatic carbocycles. The van der Waals surface area contributed by atoms with Crippen LogP contribution in [0.3, 0.4) is 0 Å². The average Bonchev–Trinajstić information content (AvgIpc) is 2.03. The highest BCUT2D eigenvalue weighted by Gasteiger charge is 2.02. The first-order valence-corrected chi connectivity index (χ1v) is 3.02. The van der Waals surface area contributed by atoms with E-state index in [0.717, 1.165) is 0 Å². The maximum Gasteiger partial charge on any atom is 0.272 e. The molecule has 0 saturated heterocycles. The van der Waals surface area contributed by atoms with Gasteiger partial charge in [-0.25, -0.2) is 13.8 Å². The molecular weight excluding hydrogens is 152 g/mol. The van der Waals surface area contributed by atoms with Crippen LogP contribution < -0.4 is 4.74 Å². The molecule has 1 radical (unpaired) electrons. The fourth-order valence-electron chi connectivity index (χ4n) is 0.540. The number of hydrogen-bond acceptors (Lipinski definition) is 2. The van der Waals surface area contributed by atoms with Crippen molar-refractivity contribution in [3.8, 4) is 5.88 Å². The molecule has 11 heavy (non-hydrogen) atoms. The van der Waals surface area contributed by atoms with Crippen molar-refractivity contribution < 1.29 is 13.5 Å². The van der Waals surface area contributed by atoms with Crippen LogP contribution in [0.2, 0.25) is 0 Å². The fraction of sp³-hybridized carbons (Fsp3) is 0.286. The van der Waals surface area contributed by atoms with Crippen molar-refractivity contribution in [3.05, 3.63) is 24.4 Å². The van der Waals surface area contributed by atoms with Gasteiger partial charge >= 0.3 is 0 Å². The fourth-order valence-corrected chi connectivity index (χ4v) is 0.540. The average molecular weight is 158 g/mol. The second kappa shape index (κ2) is 3.85. The third-order valence-corrected chi connectivity index (χ3v) is 0.946. The normalized spacial score (nSPS) is 10.1. The van der Waals surface area contributed by atoms with Crippen molar-refractivity contribution in [2.75, 3.05) is 6.61 Å². The summed E-state index contributed by atoms with van der Waals surface area (Å²) in [7, 11) is 0. The van der Waals surface area contributed by atoms with E-state index in [2.05, 4.69) is 15.8 Å². The van der Waals surface area contributed by atoms with Gasteiger partial charge in [-0.15, -0.1) is 0 Å². The van der Waals surface area contributed by atoms with Gasteiger partial charge in [-0.2, -0.15) is 0 Å². The van der Waals surface area contributed by atoms with Gasteiger partial charge in [-0.1, -0.05) is 0 Å². The van der Waals surface area contributed by atoms with Crippen molar-refractivity contribution in [2.45, 2.75) is 6.43 Å². The largest absolute Gasteiger partial charge is 0.472 e. The third kappa shape index (κ3) is 2.93. The van der Waals surface area contributed by atoms with Crippen LogP contribution >= 0.6 is 0 Å². The summed E-state index contributed by atoms with van der Waals surface area (Å²) in [4.78, 5) is 3.64. The third-order valence-electron chi connectivity index (χ3n) is 0.946. The van der Waals surface area contributed by atoms with Gasteiger partial charge in [-0.05, 0) is 6.07 Å². The van der Waals surface area contributed by atoms with Crippen molar-refractivity contribution in [1.29, 1.82) is 0 Å². The summed E-state index contributed by atoms with van der Waals surface area (Å²) in [5, 5.41) is 0. The number of alkyl halides is 2. The van der Waals surface area contributed by atoms with E-state index in [1.165, 1.54) is 12.3 Å². The molecule has 1 aromatic rings. The summed E-state index contributed by atoms with van der Waals surface area (Å²) in [6.07, 6.45) is -1.10. The first-order valence-electron chi connectivity index (χ1n) is 3.02. The van der Waals surface area contributed by atoms with Crippen LogP contribution in [0.5, 0.6) is 5.88 Å². The number of halogens is 2. The van der Waals surface area contributed by atoms with Gasteiger partial charge < -0.3 is 4.74 Å². The Hall–Kier alpha value is -1.19. The Morgan fingerprint density at radius 2 is 2.45 bits per heavy atom. The predicted molar refractivity (Wildman–Crippen MR) is 34.6 cm³/mol. The highest BCUT2D eigenvalue weighted by atomic mass is 19.3. The van der Waals surface area contributed by atoms with E-state index in [0.29, 0.717) is 0 Å². The van der Waals surface area contributed by atoms with Crippen LogP contribution in [0.4, 0.5) is 8.78 Å². The van der Waals surface area contributed by atoms with Crippen LogP contribution in [0.15, 0.2) is 18.3 Å². The highest BCUT2D eigenvalue weighted by Crippen LogP contribution is 2.04. The summed E-state index contributed by atoms with van der Waals surface area (Å²) in [5.74, 6) is 0.198. The molecule has 0 aliphatic heterocycles. The van der Waals surface area contributed by atoms with Crippen LogP contribution in [-0.2, 0) is 0 Å². The molecule has 0 fully saturated rings. The lowest BCUT2D eigenvalue weighted by Crippen LogP contribution is -2.07. The number of ether oxygens (including phenoxy) is 1. The van der Waals surface area contributed by atoms with E-state index in [-0.39, 0.29) is 5.88 Å². The molecule has 0 aromatic carbocycles. The molecule has 59 valence electrons. The lowest BCUT2D eigenvalue weighted by atomic mass is 10.5. The molecule has 0 N–H and O–H groups in total. The van der Waals surface area contributed by atoms with Gasteiger partial charge in [0.1, 0.15) is 0 Å². The zero-order valence-electron chi connectivity index (χ0n) is 5.63. The highest BCUT2D eigenvalue weighted by molar-refractivity contribution is 5.08. The van der Waals surface area contributed by atoms with E-state index in [1.54, 1.807) is 6.07 Å². The van der Waals surface area contributed by atoms with Gasteiger partial charge in [0.15, 0.2) is 6.61 Å². The van der Waals surface area contributed by atoms with E-state index in [9.17, 15) is 8.78 Å². The van der Waals surface area contributed by atoms with Crippen LogP contribution in [0, 0.1) is 6.07 Å². The molecule has 1 rings (SSSR count). The molecule has 1 aromatic heterocycles. The van der Waals surface area contributed by atoms with Crippen molar-refractivity contribution in [3.63, 3.8) is 0 Å². The maximum absolute atomic E-state index is 11.6. The smallest absolute Gasteiger partial charge is 0.272 e. The first kappa shape index (κ1) is 7.91. The van der Waals surface area contributed by atoms with Gasteiger partial charge in [0.05, 0.1) is 0 Å². The molecule has 0 aliphatic rings.